The maximum atomic E-state index is 11.3. The Hall–Kier alpha value is -0.610. The molecule has 0 bridgehead atoms. The first-order valence-corrected chi connectivity index (χ1v) is 4.37. The van der Waals surface area contributed by atoms with Gasteiger partial charge in [0.25, 0.3) is 0 Å². The van der Waals surface area contributed by atoms with Gasteiger partial charge in [0.05, 0.1) is 6.54 Å². The van der Waals surface area contributed by atoms with Crippen LogP contribution >= 0.6 is 0 Å². The number of likely N-dealkylation sites (tertiary alicyclic amines) is 1. The Bertz CT molecular complexity index is 160. The molecular formula is C8H17N3O. The van der Waals surface area contributed by atoms with Gasteiger partial charge in [-0.05, 0) is 20.5 Å². The first kappa shape index (κ1) is 9.48. The summed E-state index contributed by atoms with van der Waals surface area (Å²) in [6.45, 7) is 2.21. The molecule has 1 aliphatic rings. The quantitative estimate of drug-likeness (QED) is 0.574. The lowest BCUT2D eigenvalue weighted by Gasteiger charge is -2.15. The third kappa shape index (κ3) is 2.19. The van der Waals surface area contributed by atoms with Crippen LogP contribution < -0.4 is 10.6 Å². The van der Waals surface area contributed by atoms with Crippen molar-refractivity contribution in [1.29, 1.82) is 0 Å². The fourth-order valence-electron chi connectivity index (χ4n) is 1.49. The minimum absolute atomic E-state index is 0.204. The van der Waals surface area contributed by atoms with E-state index in [1.165, 1.54) is 0 Å². The number of nitrogens with zero attached hydrogens (tertiary/aromatic N) is 1. The largest absolute Gasteiger partial charge is 0.340 e. The summed E-state index contributed by atoms with van der Waals surface area (Å²) in [5, 5.41) is 6.04. The second-order valence-electron chi connectivity index (χ2n) is 3.14. The van der Waals surface area contributed by atoms with Gasteiger partial charge in [-0.15, -0.1) is 0 Å². The standard InChI is InChI=1S/C8H17N3O/c1-9-5-8(12)11-4-3-7(6-11)10-2/h7,9-10H,3-6H2,1-2H3. The molecule has 1 heterocycles. The minimum Gasteiger partial charge on any atom is -0.340 e. The Labute approximate surface area is 73.3 Å². The predicted molar refractivity (Wildman–Crippen MR) is 48.0 cm³/mol. The van der Waals surface area contributed by atoms with E-state index in [-0.39, 0.29) is 5.91 Å². The molecule has 0 radical (unpaired) electrons. The van der Waals surface area contributed by atoms with Gasteiger partial charge in [-0.2, -0.15) is 0 Å². The summed E-state index contributed by atoms with van der Waals surface area (Å²) >= 11 is 0. The molecule has 2 N–H and O–H groups in total. The maximum absolute atomic E-state index is 11.3. The van der Waals surface area contributed by atoms with Gasteiger partial charge >= 0.3 is 0 Å². The zero-order chi connectivity index (χ0) is 8.97. The number of likely N-dealkylation sites (N-methyl/N-ethyl adjacent to an activating group) is 2. The number of hydrogen-bond acceptors (Lipinski definition) is 3. The highest BCUT2D eigenvalue weighted by molar-refractivity contribution is 5.78. The minimum atomic E-state index is 0.204. The van der Waals surface area contributed by atoms with Crippen LogP contribution in [0.5, 0.6) is 0 Å². The molecule has 12 heavy (non-hydrogen) atoms. The summed E-state index contributed by atoms with van der Waals surface area (Å²) in [5.74, 6) is 0.204. The van der Waals surface area contributed by atoms with Crippen molar-refractivity contribution < 1.29 is 4.79 Å². The smallest absolute Gasteiger partial charge is 0.236 e. The van der Waals surface area contributed by atoms with E-state index in [2.05, 4.69) is 10.6 Å². The lowest BCUT2D eigenvalue weighted by atomic mass is 10.3. The van der Waals surface area contributed by atoms with Gasteiger partial charge in [-0.1, -0.05) is 0 Å². The molecule has 1 fully saturated rings. The summed E-state index contributed by atoms with van der Waals surface area (Å²) in [7, 11) is 3.74. The average molecular weight is 171 g/mol. The van der Waals surface area contributed by atoms with Gasteiger partial charge < -0.3 is 15.5 Å². The second-order valence-corrected chi connectivity index (χ2v) is 3.14. The van der Waals surface area contributed by atoms with E-state index in [0.29, 0.717) is 12.6 Å². The van der Waals surface area contributed by atoms with E-state index < -0.39 is 0 Å². The molecule has 4 nitrogen and oxygen atoms in total. The molecule has 1 saturated heterocycles. The highest BCUT2D eigenvalue weighted by Crippen LogP contribution is 2.07. The van der Waals surface area contributed by atoms with Crippen LogP contribution in [-0.2, 0) is 4.79 Å². The number of carbonyl (C=O) groups excluding carboxylic acids is 1. The van der Waals surface area contributed by atoms with Crippen LogP contribution in [-0.4, -0.2) is 50.6 Å². The molecule has 1 aliphatic heterocycles. The predicted octanol–water partition coefficient (Wildman–Crippen LogP) is -0.974. The third-order valence-corrected chi connectivity index (χ3v) is 2.28. The number of nitrogens with one attached hydrogen (secondary N) is 2. The number of hydrogen-bond donors (Lipinski definition) is 2. The van der Waals surface area contributed by atoms with E-state index >= 15 is 0 Å². The number of rotatable bonds is 3. The highest BCUT2D eigenvalue weighted by atomic mass is 16.2. The second kappa shape index (κ2) is 4.42. The molecule has 1 unspecified atom stereocenters. The summed E-state index contributed by atoms with van der Waals surface area (Å²) < 4.78 is 0. The molecule has 1 amide bonds. The Kier molecular flexibility index (Phi) is 3.49. The summed E-state index contributed by atoms with van der Waals surface area (Å²) in [4.78, 5) is 13.2. The molecule has 0 spiro atoms. The Morgan fingerprint density at radius 3 is 2.83 bits per heavy atom. The van der Waals surface area contributed by atoms with Gasteiger partial charge in [0, 0.05) is 19.1 Å². The Morgan fingerprint density at radius 2 is 2.33 bits per heavy atom. The van der Waals surface area contributed by atoms with Crippen LogP contribution in [0.1, 0.15) is 6.42 Å². The maximum Gasteiger partial charge on any atom is 0.236 e. The highest BCUT2D eigenvalue weighted by Gasteiger charge is 2.23. The van der Waals surface area contributed by atoms with Crippen molar-refractivity contribution in [1.82, 2.24) is 15.5 Å². The van der Waals surface area contributed by atoms with Gasteiger partial charge in [-0.25, -0.2) is 0 Å². The molecule has 0 aliphatic carbocycles. The average Bonchev–Trinajstić information content (AvgIpc) is 2.52. The monoisotopic (exact) mass is 171 g/mol. The molecule has 0 aromatic heterocycles. The zero-order valence-corrected chi connectivity index (χ0v) is 7.76. The molecule has 70 valence electrons. The molecule has 0 saturated carbocycles. The zero-order valence-electron chi connectivity index (χ0n) is 7.76. The molecular weight excluding hydrogens is 154 g/mol. The van der Waals surface area contributed by atoms with Crippen LogP contribution in [0.2, 0.25) is 0 Å². The van der Waals surface area contributed by atoms with Gasteiger partial charge in [-0.3, -0.25) is 4.79 Å². The number of amides is 1. The van der Waals surface area contributed by atoms with Crippen LogP contribution in [0.25, 0.3) is 0 Å². The summed E-state index contributed by atoms with van der Waals surface area (Å²) in [6, 6.07) is 0.491. The van der Waals surface area contributed by atoms with E-state index in [4.69, 9.17) is 0 Å². The molecule has 0 aromatic carbocycles. The van der Waals surface area contributed by atoms with Crippen molar-refractivity contribution in [2.75, 3.05) is 33.7 Å². The van der Waals surface area contributed by atoms with E-state index in [1.54, 1.807) is 7.05 Å². The normalized spacial score (nSPS) is 23.2. The fourth-order valence-corrected chi connectivity index (χ4v) is 1.49. The topological polar surface area (TPSA) is 44.4 Å². The summed E-state index contributed by atoms with van der Waals surface area (Å²) in [5.41, 5.74) is 0. The van der Waals surface area contributed by atoms with Gasteiger partial charge in [0.1, 0.15) is 0 Å². The molecule has 1 atom stereocenters. The fraction of sp³-hybridized carbons (Fsp3) is 0.875. The van der Waals surface area contributed by atoms with Crippen molar-refractivity contribution in [2.24, 2.45) is 0 Å². The van der Waals surface area contributed by atoms with Crippen molar-refractivity contribution >= 4 is 5.91 Å². The van der Waals surface area contributed by atoms with Gasteiger partial charge in [0.2, 0.25) is 5.91 Å². The van der Waals surface area contributed by atoms with Crippen LogP contribution in [0.15, 0.2) is 0 Å². The Morgan fingerprint density at radius 1 is 1.58 bits per heavy atom. The number of carbonyl (C=O) groups is 1. The van der Waals surface area contributed by atoms with Crippen molar-refractivity contribution in [3.63, 3.8) is 0 Å². The lowest BCUT2D eigenvalue weighted by Crippen LogP contribution is -2.37. The van der Waals surface area contributed by atoms with Crippen LogP contribution in [0, 0.1) is 0 Å². The first-order chi connectivity index (χ1) is 5.77. The van der Waals surface area contributed by atoms with Crippen molar-refractivity contribution in [3.8, 4) is 0 Å². The van der Waals surface area contributed by atoms with E-state index in [9.17, 15) is 4.79 Å². The van der Waals surface area contributed by atoms with Crippen LogP contribution in [0.4, 0.5) is 0 Å². The van der Waals surface area contributed by atoms with Gasteiger partial charge in [0.15, 0.2) is 0 Å². The molecule has 1 rings (SSSR count). The van der Waals surface area contributed by atoms with Crippen molar-refractivity contribution in [3.05, 3.63) is 0 Å². The van der Waals surface area contributed by atoms with Crippen molar-refractivity contribution in [2.45, 2.75) is 12.5 Å². The third-order valence-electron chi connectivity index (χ3n) is 2.28. The van der Waals surface area contributed by atoms with Crippen LogP contribution in [0.3, 0.4) is 0 Å². The van der Waals surface area contributed by atoms with E-state index in [0.717, 1.165) is 19.5 Å². The SMILES string of the molecule is CNCC(=O)N1CCC(NC)C1. The lowest BCUT2D eigenvalue weighted by molar-refractivity contribution is -0.129. The Balaban J connectivity index is 2.31. The van der Waals surface area contributed by atoms with E-state index in [1.807, 2.05) is 11.9 Å². The molecule has 4 heteroatoms. The summed E-state index contributed by atoms with van der Waals surface area (Å²) in [6.07, 6.45) is 1.08. The molecule has 0 aromatic rings. The first-order valence-electron chi connectivity index (χ1n) is 4.37.